The van der Waals surface area contributed by atoms with Crippen molar-refractivity contribution in [3.05, 3.63) is 57.3 Å². The lowest BCUT2D eigenvalue weighted by Gasteiger charge is -2.08. The fourth-order valence-electron chi connectivity index (χ4n) is 2.60. The predicted molar refractivity (Wildman–Crippen MR) is 104 cm³/mol. The van der Waals surface area contributed by atoms with Crippen LogP contribution in [0.3, 0.4) is 0 Å². The van der Waals surface area contributed by atoms with Crippen molar-refractivity contribution < 1.29 is 14.3 Å². The molecular weight excluding hydrogens is 386 g/mol. The van der Waals surface area contributed by atoms with E-state index in [1.807, 2.05) is 10.6 Å². The van der Waals surface area contributed by atoms with Gasteiger partial charge in [0.05, 0.1) is 35.1 Å². The standard InChI is InChI=1S/C19H16ClN3O3S/c1-25-10-9-23-16-15(26-2)8-7-14(20)17(16)27-19(23)22-18(24)13-5-3-12(11-21)4-6-13/h3-8H,9-10H2,1-2H3. The number of nitriles is 1. The van der Waals surface area contributed by atoms with Crippen LogP contribution < -0.4 is 9.54 Å². The average molecular weight is 402 g/mol. The summed E-state index contributed by atoms with van der Waals surface area (Å²) in [6.45, 7) is 0.937. The zero-order chi connectivity index (χ0) is 19.4. The maximum atomic E-state index is 12.6. The summed E-state index contributed by atoms with van der Waals surface area (Å²) in [5.74, 6) is 0.251. The lowest BCUT2D eigenvalue weighted by Crippen LogP contribution is -2.19. The Balaban J connectivity index is 2.16. The number of hydrogen-bond acceptors (Lipinski definition) is 5. The van der Waals surface area contributed by atoms with Crippen LogP contribution >= 0.6 is 22.9 Å². The summed E-state index contributed by atoms with van der Waals surface area (Å²) in [6, 6.07) is 11.9. The van der Waals surface area contributed by atoms with Gasteiger partial charge in [-0.1, -0.05) is 22.9 Å². The molecule has 0 fully saturated rings. The van der Waals surface area contributed by atoms with Gasteiger partial charge in [0.25, 0.3) is 5.91 Å². The minimum absolute atomic E-state index is 0.396. The number of halogens is 1. The van der Waals surface area contributed by atoms with Gasteiger partial charge in [0.1, 0.15) is 11.3 Å². The van der Waals surface area contributed by atoms with E-state index in [9.17, 15) is 4.79 Å². The Morgan fingerprint density at radius 1 is 1.26 bits per heavy atom. The van der Waals surface area contributed by atoms with Gasteiger partial charge in [-0.05, 0) is 36.4 Å². The van der Waals surface area contributed by atoms with Gasteiger partial charge < -0.3 is 14.0 Å². The lowest BCUT2D eigenvalue weighted by molar-refractivity contribution is 0.0997. The van der Waals surface area contributed by atoms with E-state index in [1.165, 1.54) is 11.3 Å². The van der Waals surface area contributed by atoms with Crippen LogP contribution in [0.25, 0.3) is 10.2 Å². The van der Waals surface area contributed by atoms with Crippen LogP contribution in [-0.2, 0) is 11.3 Å². The number of thiazole rings is 1. The third-order valence-corrected chi connectivity index (χ3v) is 5.48. The summed E-state index contributed by atoms with van der Waals surface area (Å²) in [6.07, 6.45) is 0. The second-order valence-corrected chi connectivity index (χ2v) is 6.95. The van der Waals surface area contributed by atoms with Gasteiger partial charge in [0.15, 0.2) is 4.80 Å². The minimum atomic E-state index is -0.396. The average Bonchev–Trinajstić information content (AvgIpc) is 3.05. The molecule has 8 heteroatoms. The minimum Gasteiger partial charge on any atom is -0.495 e. The van der Waals surface area contributed by atoms with E-state index >= 15 is 0 Å². The molecule has 0 radical (unpaired) electrons. The quantitative estimate of drug-likeness (QED) is 0.654. The smallest absolute Gasteiger partial charge is 0.279 e. The Labute approximate surface area is 164 Å². The molecule has 0 N–H and O–H groups in total. The van der Waals surface area contributed by atoms with Crippen LogP contribution in [-0.4, -0.2) is 31.3 Å². The molecule has 3 rings (SSSR count). The lowest BCUT2D eigenvalue weighted by atomic mass is 10.1. The first kappa shape index (κ1) is 19.1. The van der Waals surface area contributed by atoms with Crippen molar-refractivity contribution in [1.29, 1.82) is 5.26 Å². The highest BCUT2D eigenvalue weighted by Crippen LogP contribution is 2.33. The Hall–Kier alpha value is -2.66. The first-order valence-electron chi connectivity index (χ1n) is 8.03. The van der Waals surface area contributed by atoms with E-state index in [-0.39, 0.29) is 0 Å². The Bertz CT molecular complexity index is 1090. The summed E-state index contributed by atoms with van der Waals surface area (Å²) < 4.78 is 13.3. The molecule has 0 bridgehead atoms. The third-order valence-electron chi connectivity index (χ3n) is 3.94. The van der Waals surface area contributed by atoms with Gasteiger partial charge in [-0.25, -0.2) is 0 Å². The van der Waals surface area contributed by atoms with Crippen LogP contribution in [0, 0.1) is 11.3 Å². The number of ether oxygens (including phenoxy) is 2. The number of aromatic nitrogens is 1. The van der Waals surface area contributed by atoms with Crippen molar-refractivity contribution in [2.24, 2.45) is 4.99 Å². The molecule has 2 aromatic carbocycles. The molecule has 0 saturated heterocycles. The van der Waals surface area contributed by atoms with Gasteiger partial charge in [-0.15, -0.1) is 0 Å². The number of rotatable bonds is 5. The van der Waals surface area contributed by atoms with Crippen molar-refractivity contribution in [3.8, 4) is 11.8 Å². The Morgan fingerprint density at radius 3 is 2.63 bits per heavy atom. The van der Waals surface area contributed by atoms with Gasteiger partial charge >= 0.3 is 0 Å². The van der Waals surface area contributed by atoms with E-state index in [0.717, 1.165) is 10.2 Å². The van der Waals surface area contributed by atoms with E-state index in [2.05, 4.69) is 4.99 Å². The van der Waals surface area contributed by atoms with Crippen molar-refractivity contribution in [2.75, 3.05) is 20.8 Å². The largest absolute Gasteiger partial charge is 0.495 e. The van der Waals surface area contributed by atoms with E-state index in [4.69, 9.17) is 26.3 Å². The SMILES string of the molecule is COCCn1c(=NC(=O)c2ccc(C#N)cc2)sc2c(Cl)ccc(OC)c21. The normalized spacial score (nSPS) is 11.6. The summed E-state index contributed by atoms with van der Waals surface area (Å²) in [4.78, 5) is 17.4. The first-order valence-corrected chi connectivity index (χ1v) is 9.22. The van der Waals surface area contributed by atoms with Crippen LogP contribution in [0.4, 0.5) is 0 Å². The summed E-state index contributed by atoms with van der Waals surface area (Å²) in [5, 5.41) is 9.44. The second kappa shape index (κ2) is 8.35. The monoisotopic (exact) mass is 401 g/mol. The van der Waals surface area contributed by atoms with Crippen molar-refractivity contribution >= 4 is 39.1 Å². The number of fused-ring (bicyclic) bond motifs is 1. The maximum Gasteiger partial charge on any atom is 0.279 e. The zero-order valence-corrected chi connectivity index (χ0v) is 16.3. The molecule has 0 saturated carbocycles. The molecule has 0 aliphatic carbocycles. The van der Waals surface area contributed by atoms with E-state index in [1.54, 1.807) is 50.6 Å². The van der Waals surface area contributed by atoms with E-state index in [0.29, 0.717) is 39.9 Å². The molecule has 0 aliphatic rings. The van der Waals surface area contributed by atoms with Crippen LogP contribution in [0.5, 0.6) is 5.75 Å². The van der Waals surface area contributed by atoms with Gasteiger partial charge in [0.2, 0.25) is 0 Å². The molecule has 0 aliphatic heterocycles. The number of hydrogen-bond donors (Lipinski definition) is 0. The van der Waals surface area contributed by atoms with Gasteiger partial charge in [-0.3, -0.25) is 4.79 Å². The fourth-order valence-corrected chi connectivity index (χ4v) is 3.94. The third kappa shape index (κ3) is 3.88. The predicted octanol–water partition coefficient (Wildman–Crippen LogP) is 3.62. The second-order valence-electron chi connectivity index (χ2n) is 5.56. The molecular formula is C19H16ClN3O3S. The highest BCUT2D eigenvalue weighted by molar-refractivity contribution is 7.17. The molecule has 6 nitrogen and oxygen atoms in total. The van der Waals surface area contributed by atoms with Crippen molar-refractivity contribution in [2.45, 2.75) is 6.54 Å². The number of carbonyl (C=O) groups excluding carboxylic acids is 1. The topological polar surface area (TPSA) is 76.6 Å². The summed E-state index contributed by atoms with van der Waals surface area (Å²) in [5.41, 5.74) is 1.67. The number of amides is 1. The van der Waals surface area contributed by atoms with Gasteiger partial charge in [0, 0.05) is 19.2 Å². The van der Waals surface area contributed by atoms with Crippen LogP contribution in [0.15, 0.2) is 41.4 Å². The van der Waals surface area contributed by atoms with Crippen LogP contribution in [0.1, 0.15) is 15.9 Å². The van der Waals surface area contributed by atoms with Crippen LogP contribution in [0.2, 0.25) is 5.02 Å². The molecule has 0 unspecified atom stereocenters. The zero-order valence-electron chi connectivity index (χ0n) is 14.7. The molecule has 27 heavy (non-hydrogen) atoms. The Morgan fingerprint density at radius 2 is 2.00 bits per heavy atom. The molecule has 1 heterocycles. The maximum absolute atomic E-state index is 12.6. The number of nitrogens with zero attached hydrogens (tertiary/aromatic N) is 3. The summed E-state index contributed by atoms with van der Waals surface area (Å²) in [7, 11) is 3.19. The molecule has 1 amide bonds. The van der Waals surface area contributed by atoms with Gasteiger partial charge in [-0.2, -0.15) is 10.3 Å². The number of benzene rings is 2. The molecule has 3 aromatic rings. The molecule has 1 aromatic heterocycles. The Kier molecular flexibility index (Phi) is 5.91. The first-order chi connectivity index (χ1) is 13.1. The highest BCUT2D eigenvalue weighted by atomic mass is 35.5. The highest BCUT2D eigenvalue weighted by Gasteiger charge is 2.15. The molecule has 138 valence electrons. The summed E-state index contributed by atoms with van der Waals surface area (Å²) >= 11 is 7.66. The molecule has 0 spiro atoms. The number of methoxy groups -OCH3 is 2. The molecule has 0 atom stereocenters. The van der Waals surface area contributed by atoms with E-state index < -0.39 is 5.91 Å². The fraction of sp³-hybridized carbons (Fsp3) is 0.211. The van der Waals surface area contributed by atoms with Crippen molar-refractivity contribution in [1.82, 2.24) is 4.57 Å². The number of carbonyl (C=O) groups is 1. The van der Waals surface area contributed by atoms with Crippen molar-refractivity contribution in [3.63, 3.8) is 0 Å².